The lowest BCUT2D eigenvalue weighted by Crippen LogP contribution is -2.62. The molecule has 0 aromatic heterocycles. The van der Waals surface area contributed by atoms with Gasteiger partial charge in [0.05, 0.1) is 29.8 Å². The molecule has 2 heterocycles. The summed E-state index contributed by atoms with van der Waals surface area (Å²) in [6.45, 7) is 20.8. The van der Waals surface area contributed by atoms with E-state index in [2.05, 4.69) is 27.8 Å². The van der Waals surface area contributed by atoms with Gasteiger partial charge in [-0.3, -0.25) is 33.7 Å². The second kappa shape index (κ2) is 17.3. The molecule has 1 fully saturated rings. The molecule has 286 valence electrons. The molecule has 0 aliphatic carbocycles. The van der Waals surface area contributed by atoms with Gasteiger partial charge in [0.1, 0.15) is 12.1 Å². The minimum Gasteiger partial charge on any atom is -0.346 e. The van der Waals surface area contributed by atoms with E-state index < -0.39 is 76.3 Å². The van der Waals surface area contributed by atoms with Crippen molar-refractivity contribution in [3.63, 3.8) is 0 Å². The van der Waals surface area contributed by atoms with Crippen LogP contribution in [0, 0.1) is 22.7 Å². The van der Waals surface area contributed by atoms with Crippen molar-refractivity contribution in [2.24, 2.45) is 22.7 Å². The van der Waals surface area contributed by atoms with Crippen LogP contribution in [-0.2, 0) is 19.2 Å². The molecule has 0 spiro atoms. The van der Waals surface area contributed by atoms with E-state index >= 15 is 0 Å². The lowest BCUT2D eigenvalue weighted by Gasteiger charge is -2.38. The molecule has 1 unspecified atom stereocenters. The lowest BCUT2D eigenvalue weighted by atomic mass is 9.84. The van der Waals surface area contributed by atoms with Crippen LogP contribution >= 0.6 is 0 Å². The van der Waals surface area contributed by atoms with Crippen molar-refractivity contribution in [2.45, 2.75) is 112 Å². The SMILES string of the molecule is C=CCNC(=O)C(=O)C(CCCC)NC(=O)[C@@H]1[C@@H](C(C)C)CCN1C(=O)[C@@H](NC(=O)N[C@H](CN1C(=O)c2ccccc2C1=O)C(C)(C)C)C(C)(C)C. The first-order chi connectivity index (χ1) is 24.2. The number of imide groups is 1. The molecular formula is C39H58N6O7. The van der Waals surface area contributed by atoms with E-state index in [1.54, 1.807) is 24.3 Å². The number of unbranched alkanes of at least 4 members (excludes halogenated alkanes) is 1. The number of nitrogens with zero attached hydrogens (tertiary/aromatic N) is 2. The summed E-state index contributed by atoms with van der Waals surface area (Å²) in [6.07, 6.45) is 3.59. The highest BCUT2D eigenvalue weighted by Crippen LogP contribution is 2.34. The number of hydrogen-bond acceptors (Lipinski definition) is 7. The van der Waals surface area contributed by atoms with Crippen LogP contribution in [-0.4, -0.2) is 95.0 Å². The van der Waals surface area contributed by atoms with E-state index in [4.69, 9.17) is 0 Å². The molecule has 3 rings (SSSR count). The van der Waals surface area contributed by atoms with Crippen LogP contribution in [0.2, 0.25) is 0 Å². The number of amides is 7. The van der Waals surface area contributed by atoms with Gasteiger partial charge in [-0.2, -0.15) is 0 Å². The van der Waals surface area contributed by atoms with Crippen molar-refractivity contribution in [3.8, 4) is 0 Å². The van der Waals surface area contributed by atoms with Crippen molar-refractivity contribution in [2.75, 3.05) is 19.6 Å². The van der Waals surface area contributed by atoms with Crippen LogP contribution in [0.1, 0.15) is 109 Å². The summed E-state index contributed by atoms with van der Waals surface area (Å²) < 4.78 is 0. The van der Waals surface area contributed by atoms with E-state index in [1.165, 1.54) is 11.0 Å². The first kappa shape index (κ1) is 41.9. The fourth-order valence-corrected chi connectivity index (χ4v) is 6.71. The quantitative estimate of drug-likeness (QED) is 0.121. The highest BCUT2D eigenvalue weighted by Gasteiger charge is 2.48. The maximum atomic E-state index is 14.5. The van der Waals surface area contributed by atoms with Crippen LogP contribution in [0.5, 0.6) is 0 Å². The Morgan fingerprint density at radius 2 is 1.52 bits per heavy atom. The van der Waals surface area contributed by atoms with Gasteiger partial charge in [0.2, 0.25) is 17.6 Å². The summed E-state index contributed by atoms with van der Waals surface area (Å²) in [5.41, 5.74) is -0.772. The summed E-state index contributed by atoms with van der Waals surface area (Å²) in [4.78, 5) is 96.9. The van der Waals surface area contributed by atoms with E-state index in [0.717, 1.165) is 11.3 Å². The summed E-state index contributed by atoms with van der Waals surface area (Å²) in [5, 5.41) is 11.0. The Labute approximate surface area is 308 Å². The number of rotatable bonds is 15. The molecular weight excluding hydrogens is 664 g/mol. The van der Waals surface area contributed by atoms with Gasteiger partial charge in [0, 0.05) is 13.1 Å². The number of fused-ring (bicyclic) bond motifs is 1. The Kier molecular flexibility index (Phi) is 13.9. The van der Waals surface area contributed by atoms with Crippen LogP contribution in [0.3, 0.4) is 0 Å². The predicted molar refractivity (Wildman–Crippen MR) is 198 cm³/mol. The molecule has 52 heavy (non-hydrogen) atoms. The summed E-state index contributed by atoms with van der Waals surface area (Å²) in [7, 11) is 0. The molecule has 1 aromatic carbocycles. The predicted octanol–water partition coefficient (Wildman–Crippen LogP) is 3.83. The normalized spacial score (nSPS) is 19.1. The second-order valence-electron chi connectivity index (χ2n) is 16.3. The van der Waals surface area contributed by atoms with Crippen molar-refractivity contribution in [3.05, 3.63) is 48.0 Å². The number of carbonyl (C=O) groups is 7. The monoisotopic (exact) mass is 722 g/mol. The van der Waals surface area contributed by atoms with Gasteiger partial charge in [-0.1, -0.05) is 93.4 Å². The molecule has 13 heteroatoms. The van der Waals surface area contributed by atoms with Gasteiger partial charge < -0.3 is 26.2 Å². The van der Waals surface area contributed by atoms with Gasteiger partial charge in [-0.05, 0) is 47.6 Å². The van der Waals surface area contributed by atoms with Gasteiger partial charge in [0.15, 0.2) is 0 Å². The van der Waals surface area contributed by atoms with E-state index in [9.17, 15) is 33.6 Å². The van der Waals surface area contributed by atoms with E-state index in [1.807, 2.05) is 62.3 Å². The number of ketones is 1. The van der Waals surface area contributed by atoms with Crippen LogP contribution < -0.4 is 21.3 Å². The number of nitrogens with one attached hydrogen (secondary N) is 4. The number of benzene rings is 1. The highest BCUT2D eigenvalue weighted by atomic mass is 16.2. The molecule has 1 saturated heterocycles. The summed E-state index contributed by atoms with van der Waals surface area (Å²) in [6, 6.07) is 2.16. The van der Waals surface area contributed by atoms with Crippen molar-refractivity contribution in [1.29, 1.82) is 0 Å². The number of hydrogen-bond donors (Lipinski definition) is 4. The summed E-state index contributed by atoms with van der Waals surface area (Å²) in [5.74, 6) is -3.67. The average Bonchev–Trinajstić information content (AvgIpc) is 3.62. The summed E-state index contributed by atoms with van der Waals surface area (Å²) >= 11 is 0. The third-order valence-electron chi connectivity index (χ3n) is 9.95. The first-order valence-corrected chi connectivity index (χ1v) is 18.3. The molecule has 0 radical (unpaired) electrons. The van der Waals surface area contributed by atoms with E-state index in [-0.39, 0.29) is 37.9 Å². The molecule has 4 N–H and O–H groups in total. The average molecular weight is 723 g/mol. The standard InChI is InChI=1S/C39H58N6O7/c1-11-13-18-27(30(46)33(48)40-20-12-2)41-32(47)29-24(23(3)4)19-21-44(29)36(51)31(39(8,9)10)43-37(52)42-28(38(5,6)7)22-45-34(49)25-16-14-15-17-26(25)35(45)50/h12,14-17,23-24,27-29,31H,2,11,13,18-22H2,1,3-10H3,(H,40,48)(H,41,47)(H2,42,43,52)/t24-,27?,28-,29+,31-/m1/s1. The van der Waals surface area contributed by atoms with Crippen molar-refractivity contribution < 1.29 is 33.6 Å². The minimum absolute atomic E-state index is 0.00766. The molecule has 2 aliphatic rings. The van der Waals surface area contributed by atoms with Crippen LogP contribution in [0.25, 0.3) is 0 Å². The number of urea groups is 1. The maximum Gasteiger partial charge on any atom is 0.315 e. The van der Waals surface area contributed by atoms with Crippen LogP contribution in [0.15, 0.2) is 36.9 Å². The molecule has 2 aliphatic heterocycles. The molecule has 0 saturated carbocycles. The second-order valence-corrected chi connectivity index (χ2v) is 16.3. The Bertz CT molecular complexity index is 1510. The fourth-order valence-electron chi connectivity index (χ4n) is 6.71. The number of Topliss-reactive ketones (excluding diaryl/α,β-unsaturated/α-hetero) is 1. The minimum atomic E-state index is -1.07. The Morgan fingerprint density at radius 1 is 0.923 bits per heavy atom. The van der Waals surface area contributed by atoms with Crippen molar-refractivity contribution in [1.82, 2.24) is 31.1 Å². The van der Waals surface area contributed by atoms with Gasteiger partial charge in [-0.15, -0.1) is 6.58 Å². The fraction of sp³-hybridized carbons (Fsp3) is 0.615. The van der Waals surface area contributed by atoms with Gasteiger partial charge >= 0.3 is 6.03 Å². The molecule has 13 nitrogen and oxygen atoms in total. The third kappa shape index (κ3) is 9.86. The zero-order chi connectivity index (χ0) is 39.1. The maximum absolute atomic E-state index is 14.5. The lowest BCUT2D eigenvalue weighted by molar-refractivity contribution is -0.144. The molecule has 0 bridgehead atoms. The zero-order valence-electron chi connectivity index (χ0n) is 32.3. The largest absolute Gasteiger partial charge is 0.346 e. The third-order valence-corrected chi connectivity index (χ3v) is 9.95. The molecule has 5 atom stereocenters. The van der Waals surface area contributed by atoms with Crippen molar-refractivity contribution >= 4 is 41.4 Å². The number of carbonyl (C=O) groups excluding carboxylic acids is 7. The smallest absolute Gasteiger partial charge is 0.315 e. The Hall–Kier alpha value is -4.55. The Morgan fingerprint density at radius 3 is 2.02 bits per heavy atom. The molecule has 1 aromatic rings. The first-order valence-electron chi connectivity index (χ1n) is 18.3. The topological polar surface area (TPSA) is 174 Å². The van der Waals surface area contributed by atoms with Gasteiger partial charge in [-0.25, -0.2) is 4.79 Å². The zero-order valence-corrected chi connectivity index (χ0v) is 32.3. The van der Waals surface area contributed by atoms with E-state index in [0.29, 0.717) is 24.0 Å². The molecule has 7 amide bonds. The van der Waals surface area contributed by atoms with Gasteiger partial charge in [0.25, 0.3) is 17.7 Å². The Balaban J connectivity index is 1.84. The number of likely N-dealkylation sites (tertiary alicyclic amines) is 1. The highest BCUT2D eigenvalue weighted by molar-refractivity contribution is 6.38. The van der Waals surface area contributed by atoms with Crippen LogP contribution in [0.4, 0.5) is 4.79 Å².